The van der Waals surface area contributed by atoms with E-state index in [9.17, 15) is 49.8 Å². The second kappa shape index (κ2) is 21.5. The number of rotatable bonds is 19. The maximum atomic E-state index is 12.1. The molecule has 4 amide bonds. The number of hydrogen-bond acceptors (Lipinski definition) is 14. The lowest BCUT2D eigenvalue weighted by atomic mass is 9.97. The zero-order valence-electron chi connectivity index (χ0n) is 26.9. The van der Waals surface area contributed by atoms with Gasteiger partial charge in [-0.2, -0.15) is 0 Å². The minimum Gasteiger partial charge on any atom is -0.394 e. The third kappa shape index (κ3) is 14.2. The van der Waals surface area contributed by atoms with Crippen LogP contribution in [0.1, 0.15) is 58.8 Å². The molecule has 18 nitrogen and oxygen atoms in total. The van der Waals surface area contributed by atoms with Crippen LogP contribution in [-0.2, 0) is 38.1 Å². The molecule has 0 bridgehead atoms. The van der Waals surface area contributed by atoms with Crippen molar-refractivity contribution in [2.24, 2.45) is 0 Å². The molecular formula is C29H52N4O14. The maximum absolute atomic E-state index is 12.1. The van der Waals surface area contributed by atoms with E-state index >= 15 is 0 Å². The fraction of sp³-hybridized carbons (Fsp3) is 0.862. The quantitative estimate of drug-likeness (QED) is 0.0581. The van der Waals surface area contributed by atoms with Crippen molar-refractivity contribution in [1.29, 1.82) is 0 Å². The zero-order chi connectivity index (χ0) is 34.9. The monoisotopic (exact) mass is 680 g/mol. The summed E-state index contributed by atoms with van der Waals surface area (Å²) in [5.74, 6) is -1.27. The van der Waals surface area contributed by atoms with Gasteiger partial charge < -0.3 is 70.9 Å². The van der Waals surface area contributed by atoms with E-state index in [-0.39, 0.29) is 63.3 Å². The molecule has 18 heteroatoms. The van der Waals surface area contributed by atoms with Crippen molar-refractivity contribution in [3.63, 3.8) is 0 Å². The second-order valence-corrected chi connectivity index (χ2v) is 11.6. The summed E-state index contributed by atoms with van der Waals surface area (Å²) in [5, 5.41) is 70.0. The molecule has 2 rings (SSSR count). The average Bonchev–Trinajstić information content (AvgIpc) is 3.12. The highest BCUT2D eigenvalue weighted by atomic mass is 16.7. The van der Waals surface area contributed by atoms with Crippen molar-refractivity contribution in [1.82, 2.24) is 21.3 Å². The second-order valence-electron chi connectivity index (χ2n) is 11.6. The molecule has 0 aromatic heterocycles. The number of carbonyl (C=O) groups excluding carboxylic acids is 4. The predicted molar refractivity (Wildman–Crippen MR) is 161 cm³/mol. The molecule has 0 aliphatic carbocycles. The van der Waals surface area contributed by atoms with Crippen LogP contribution in [0.3, 0.4) is 0 Å². The Balaban J connectivity index is 1.57. The molecule has 272 valence electrons. The number of hydrogen-bond donors (Lipinski definition) is 10. The van der Waals surface area contributed by atoms with E-state index in [1.807, 2.05) is 0 Å². The first-order valence-electron chi connectivity index (χ1n) is 15.9. The van der Waals surface area contributed by atoms with Gasteiger partial charge in [-0.25, -0.2) is 0 Å². The van der Waals surface area contributed by atoms with Crippen LogP contribution in [0.5, 0.6) is 0 Å². The Labute approximate surface area is 273 Å². The van der Waals surface area contributed by atoms with Gasteiger partial charge in [0.1, 0.15) is 36.6 Å². The van der Waals surface area contributed by atoms with Crippen LogP contribution in [0.2, 0.25) is 0 Å². The molecule has 2 saturated heterocycles. The molecule has 10 atom stereocenters. The van der Waals surface area contributed by atoms with Crippen LogP contribution in [0.15, 0.2) is 0 Å². The minimum atomic E-state index is -1.40. The van der Waals surface area contributed by atoms with Gasteiger partial charge in [-0.1, -0.05) is 0 Å². The van der Waals surface area contributed by atoms with Gasteiger partial charge in [0.05, 0.1) is 25.4 Å². The van der Waals surface area contributed by atoms with Crippen molar-refractivity contribution in [2.75, 3.05) is 39.5 Å². The molecular weight excluding hydrogens is 628 g/mol. The number of ether oxygens (including phenoxy) is 4. The fourth-order valence-electron chi connectivity index (χ4n) is 5.17. The lowest BCUT2D eigenvalue weighted by molar-refractivity contribution is -0.270. The number of nitrogens with one attached hydrogen (secondary N) is 4. The van der Waals surface area contributed by atoms with Gasteiger partial charge in [0.25, 0.3) is 0 Å². The average molecular weight is 681 g/mol. The van der Waals surface area contributed by atoms with E-state index in [1.54, 1.807) is 0 Å². The Kier molecular flexibility index (Phi) is 18.6. The Hall–Kier alpha value is -2.52. The first-order chi connectivity index (χ1) is 22.4. The highest BCUT2D eigenvalue weighted by Crippen LogP contribution is 2.23. The summed E-state index contributed by atoms with van der Waals surface area (Å²) in [6.07, 6.45) is -7.41. The van der Waals surface area contributed by atoms with Gasteiger partial charge in [-0.15, -0.1) is 0 Å². The summed E-state index contributed by atoms with van der Waals surface area (Å²) in [7, 11) is 0. The molecule has 2 heterocycles. The Morgan fingerprint density at radius 3 is 1.68 bits per heavy atom. The first-order valence-corrected chi connectivity index (χ1v) is 15.9. The molecule has 0 saturated carbocycles. The summed E-state index contributed by atoms with van der Waals surface area (Å²) >= 11 is 0. The third-order valence-electron chi connectivity index (χ3n) is 7.66. The Bertz CT molecular complexity index is 977. The summed E-state index contributed by atoms with van der Waals surface area (Å²) < 4.78 is 22.4. The largest absolute Gasteiger partial charge is 0.394 e. The molecule has 0 aromatic rings. The van der Waals surface area contributed by atoms with Gasteiger partial charge >= 0.3 is 0 Å². The number of unbranched alkanes of at least 4 members (excludes halogenated alkanes) is 2. The molecule has 0 spiro atoms. The van der Waals surface area contributed by atoms with Crippen LogP contribution in [0.25, 0.3) is 0 Å². The lowest BCUT2D eigenvalue weighted by Crippen LogP contribution is -2.64. The van der Waals surface area contributed by atoms with Crippen LogP contribution in [0.4, 0.5) is 0 Å². The van der Waals surface area contributed by atoms with Gasteiger partial charge in [-0.05, 0) is 25.7 Å². The summed E-state index contributed by atoms with van der Waals surface area (Å²) in [5.41, 5.74) is 0. The summed E-state index contributed by atoms with van der Waals surface area (Å²) in [4.78, 5) is 47.3. The number of carbonyl (C=O) groups is 4. The summed E-state index contributed by atoms with van der Waals surface area (Å²) in [6, 6.07) is -1.78. The molecule has 2 fully saturated rings. The lowest BCUT2D eigenvalue weighted by Gasteiger charge is -2.42. The minimum absolute atomic E-state index is 0.0305. The maximum Gasteiger partial charge on any atom is 0.220 e. The van der Waals surface area contributed by atoms with Crippen molar-refractivity contribution in [3.8, 4) is 0 Å². The molecule has 2 aliphatic heterocycles. The number of amides is 4. The van der Waals surface area contributed by atoms with E-state index in [4.69, 9.17) is 18.9 Å². The zero-order valence-corrected chi connectivity index (χ0v) is 26.9. The summed E-state index contributed by atoms with van der Waals surface area (Å²) in [6.45, 7) is 2.20. The molecule has 6 unspecified atom stereocenters. The van der Waals surface area contributed by atoms with E-state index in [0.717, 1.165) is 0 Å². The van der Waals surface area contributed by atoms with Gasteiger partial charge in [0.2, 0.25) is 23.6 Å². The highest BCUT2D eigenvalue weighted by molar-refractivity contribution is 5.77. The molecule has 2 aliphatic rings. The van der Waals surface area contributed by atoms with Crippen LogP contribution >= 0.6 is 0 Å². The van der Waals surface area contributed by atoms with E-state index in [0.29, 0.717) is 25.7 Å². The van der Waals surface area contributed by atoms with E-state index in [1.165, 1.54) is 13.8 Å². The Morgan fingerprint density at radius 1 is 0.681 bits per heavy atom. The molecule has 0 aromatic carbocycles. The Morgan fingerprint density at radius 2 is 1.17 bits per heavy atom. The van der Waals surface area contributed by atoms with Gasteiger partial charge in [-0.3, -0.25) is 19.2 Å². The van der Waals surface area contributed by atoms with Crippen molar-refractivity contribution >= 4 is 23.6 Å². The van der Waals surface area contributed by atoms with Crippen LogP contribution in [-0.4, -0.2) is 155 Å². The SMILES string of the molecule is CC(=O)NC1CC(O)[C@@H](O)C(CO)O[C@H]1OCCCCC(=O)NCCNC(=O)CCCCO[C@@H]1OC(CO)[C@H](O)C(O)C1NC(C)=O. The standard InChI is InChI=1S/C29H52N4O14/c1-16(36)32-18-13-19(38)25(41)20(14-34)46-28(18)44-11-5-3-7-22(39)30-9-10-31-23(40)8-4-6-12-45-29-24(33-17(2)37)27(43)26(42)21(15-35)47-29/h18-21,24-29,34-35,38,41-43H,3-15H2,1-2H3,(H,30,39)(H,31,40)(H,32,36)(H,33,37)/t18?,19?,20?,21?,24?,25-,26+,27?,28-,29-/m1/s1. The number of aliphatic hydroxyl groups is 6. The highest BCUT2D eigenvalue weighted by Gasteiger charge is 2.45. The topological polar surface area (TPSA) is 275 Å². The van der Waals surface area contributed by atoms with Crippen molar-refractivity contribution < 1.29 is 68.8 Å². The molecule has 10 N–H and O–H groups in total. The van der Waals surface area contributed by atoms with E-state index < -0.39 is 80.4 Å². The van der Waals surface area contributed by atoms with Gasteiger partial charge in [0.15, 0.2) is 12.6 Å². The first kappa shape index (κ1) is 40.7. The predicted octanol–water partition coefficient (Wildman–Crippen LogP) is -4.13. The fourth-order valence-corrected chi connectivity index (χ4v) is 5.17. The molecule has 0 radical (unpaired) electrons. The molecule has 47 heavy (non-hydrogen) atoms. The van der Waals surface area contributed by atoms with Crippen LogP contribution in [0, 0.1) is 0 Å². The smallest absolute Gasteiger partial charge is 0.220 e. The normalized spacial score (nSPS) is 31.0. The van der Waals surface area contributed by atoms with Crippen LogP contribution < -0.4 is 21.3 Å². The van der Waals surface area contributed by atoms with E-state index in [2.05, 4.69) is 21.3 Å². The third-order valence-corrected chi connectivity index (χ3v) is 7.66. The van der Waals surface area contributed by atoms with Crippen molar-refractivity contribution in [2.45, 2.75) is 120 Å². The van der Waals surface area contributed by atoms with Gasteiger partial charge in [0, 0.05) is 59.4 Å². The van der Waals surface area contributed by atoms with Crippen molar-refractivity contribution in [3.05, 3.63) is 0 Å². The number of aliphatic hydroxyl groups excluding tert-OH is 6.